The monoisotopic (exact) mass is 210 g/mol. The average Bonchev–Trinajstić information content (AvgIpc) is 2.67. The lowest BCUT2D eigenvalue weighted by atomic mass is 10.3. The van der Waals surface area contributed by atoms with Crippen molar-refractivity contribution in [3.8, 4) is 0 Å². The van der Waals surface area contributed by atoms with Crippen molar-refractivity contribution in [3.05, 3.63) is 18.0 Å². The molecule has 1 aromatic heterocycles. The summed E-state index contributed by atoms with van der Waals surface area (Å²) in [6, 6.07) is 1.91. The van der Waals surface area contributed by atoms with Crippen molar-refractivity contribution in [1.29, 1.82) is 0 Å². The molecule has 3 nitrogen and oxygen atoms in total. The second-order valence-electron chi connectivity index (χ2n) is 3.43. The van der Waals surface area contributed by atoms with E-state index in [1.807, 2.05) is 13.0 Å². The molecule has 2 heterocycles. The Morgan fingerprint density at radius 1 is 1.64 bits per heavy atom. The van der Waals surface area contributed by atoms with Gasteiger partial charge in [-0.05, 0) is 25.8 Å². The normalized spacial score (nSPS) is 21.4. The molecule has 1 fully saturated rings. The fourth-order valence-electron chi connectivity index (χ4n) is 1.44. The number of rotatable bonds is 3. The lowest BCUT2D eigenvalue weighted by molar-refractivity contribution is 0.129. The maximum atomic E-state index is 5.53. The van der Waals surface area contributed by atoms with E-state index in [0.717, 1.165) is 23.2 Å². The third kappa shape index (κ3) is 2.69. The van der Waals surface area contributed by atoms with Gasteiger partial charge in [-0.3, -0.25) is 0 Å². The molecule has 0 aliphatic carbocycles. The molecular formula is C10H14N2OS. The van der Waals surface area contributed by atoms with E-state index in [1.54, 1.807) is 18.0 Å². The number of nitrogens with zero attached hydrogens (tertiary/aromatic N) is 2. The molecule has 1 saturated heterocycles. The number of aryl methyl sites for hydroxylation is 1. The van der Waals surface area contributed by atoms with E-state index in [-0.39, 0.29) is 0 Å². The van der Waals surface area contributed by atoms with Crippen LogP contribution in [-0.4, -0.2) is 28.4 Å². The zero-order chi connectivity index (χ0) is 9.80. The Morgan fingerprint density at radius 2 is 2.57 bits per heavy atom. The first-order valence-electron chi connectivity index (χ1n) is 4.88. The molecule has 1 aliphatic rings. The molecule has 1 aliphatic heterocycles. The highest BCUT2D eigenvalue weighted by Gasteiger charge is 2.15. The van der Waals surface area contributed by atoms with Crippen LogP contribution < -0.4 is 0 Å². The van der Waals surface area contributed by atoms with Crippen molar-refractivity contribution in [2.45, 2.75) is 31.0 Å². The fourth-order valence-corrected chi connectivity index (χ4v) is 2.38. The number of thioether (sulfide) groups is 1. The second-order valence-corrected chi connectivity index (χ2v) is 4.41. The van der Waals surface area contributed by atoms with Crippen LogP contribution in [0.4, 0.5) is 0 Å². The van der Waals surface area contributed by atoms with Crippen molar-refractivity contribution in [1.82, 2.24) is 9.97 Å². The van der Waals surface area contributed by atoms with Gasteiger partial charge in [-0.15, -0.1) is 0 Å². The quantitative estimate of drug-likeness (QED) is 0.565. The molecule has 0 spiro atoms. The van der Waals surface area contributed by atoms with Gasteiger partial charge >= 0.3 is 0 Å². The summed E-state index contributed by atoms with van der Waals surface area (Å²) >= 11 is 1.68. The largest absolute Gasteiger partial charge is 0.377 e. The smallest absolute Gasteiger partial charge is 0.187 e. The number of aromatic nitrogens is 2. The van der Waals surface area contributed by atoms with E-state index in [0.29, 0.717) is 6.10 Å². The molecule has 1 aromatic rings. The van der Waals surface area contributed by atoms with Crippen LogP contribution in [0.15, 0.2) is 17.4 Å². The molecule has 0 amide bonds. The summed E-state index contributed by atoms with van der Waals surface area (Å²) in [5.74, 6) is 0.976. The number of ether oxygens (including phenoxy) is 1. The molecule has 76 valence electrons. The lowest BCUT2D eigenvalue weighted by Gasteiger charge is -2.07. The van der Waals surface area contributed by atoms with Crippen molar-refractivity contribution < 1.29 is 4.74 Å². The molecule has 1 atom stereocenters. The highest BCUT2D eigenvalue weighted by atomic mass is 32.2. The SMILES string of the molecule is Cc1ccnc(SCC2CCCO2)n1. The highest BCUT2D eigenvalue weighted by molar-refractivity contribution is 7.99. The van der Waals surface area contributed by atoms with Crippen LogP contribution in [0.25, 0.3) is 0 Å². The van der Waals surface area contributed by atoms with Gasteiger partial charge in [-0.1, -0.05) is 11.8 Å². The van der Waals surface area contributed by atoms with Crippen LogP contribution in [0.3, 0.4) is 0 Å². The van der Waals surface area contributed by atoms with E-state index in [1.165, 1.54) is 12.8 Å². The van der Waals surface area contributed by atoms with E-state index < -0.39 is 0 Å². The zero-order valence-corrected chi connectivity index (χ0v) is 9.09. The standard InChI is InChI=1S/C10H14N2OS/c1-8-4-5-11-10(12-8)14-7-9-3-2-6-13-9/h4-5,9H,2-3,6-7H2,1H3. The first-order valence-corrected chi connectivity index (χ1v) is 5.87. The van der Waals surface area contributed by atoms with Gasteiger partial charge in [0.25, 0.3) is 0 Å². The minimum Gasteiger partial charge on any atom is -0.377 e. The van der Waals surface area contributed by atoms with E-state index >= 15 is 0 Å². The molecule has 4 heteroatoms. The minimum atomic E-state index is 0.407. The van der Waals surface area contributed by atoms with Gasteiger partial charge in [0.2, 0.25) is 0 Å². The van der Waals surface area contributed by atoms with Gasteiger partial charge in [0, 0.05) is 24.3 Å². The maximum absolute atomic E-state index is 5.53. The summed E-state index contributed by atoms with van der Waals surface area (Å²) in [5, 5.41) is 0.862. The van der Waals surface area contributed by atoms with Crippen LogP contribution in [0.1, 0.15) is 18.5 Å². The van der Waals surface area contributed by atoms with Crippen LogP contribution in [0.2, 0.25) is 0 Å². The van der Waals surface area contributed by atoms with E-state index in [4.69, 9.17) is 4.74 Å². The minimum absolute atomic E-state index is 0.407. The van der Waals surface area contributed by atoms with Gasteiger partial charge in [-0.25, -0.2) is 9.97 Å². The fraction of sp³-hybridized carbons (Fsp3) is 0.600. The first kappa shape index (κ1) is 9.93. The predicted octanol–water partition coefficient (Wildman–Crippen LogP) is 2.06. The predicted molar refractivity (Wildman–Crippen MR) is 56.5 cm³/mol. The summed E-state index contributed by atoms with van der Waals surface area (Å²) < 4.78 is 5.53. The molecule has 14 heavy (non-hydrogen) atoms. The first-order chi connectivity index (χ1) is 6.84. The van der Waals surface area contributed by atoms with Gasteiger partial charge in [-0.2, -0.15) is 0 Å². The van der Waals surface area contributed by atoms with Crippen molar-refractivity contribution >= 4 is 11.8 Å². The third-order valence-electron chi connectivity index (χ3n) is 2.20. The molecule has 0 bridgehead atoms. The zero-order valence-electron chi connectivity index (χ0n) is 8.27. The Hall–Kier alpha value is -0.610. The van der Waals surface area contributed by atoms with Crippen molar-refractivity contribution in [2.75, 3.05) is 12.4 Å². The van der Waals surface area contributed by atoms with Gasteiger partial charge in [0.1, 0.15) is 0 Å². The van der Waals surface area contributed by atoms with Crippen molar-refractivity contribution in [2.24, 2.45) is 0 Å². The van der Waals surface area contributed by atoms with Crippen LogP contribution in [0, 0.1) is 6.92 Å². The summed E-state index contributed by atoms with van der Waals surface area (Å²) in [7, 11) is 0. The average molecular weight is 210 g/mol. The van der Waals surface area contributed by atoms with Gasteiger partial charge < -0.3 is 4.74 Å². The summed E-state index contributed by atoms with van der Waals surface area (Å²) in [4.78, 5) is 8.53. The van der Waals surface area contributed by atoms with Gasteiger partial charge in [0.15, 0.2) is 5.16 Å². The molecule has 0 radical (unpaired) electrons. The molecule has 0 N–H and O–H groups in total. The highest BCUT2D eigenvalue weighted by Crippen LogP contribution is 2.20. The van der Waals surface area contributed by atoms with Crippen molar-refractivity contribution in [3.63, 3.8) is 0 Å². The third-order valence-corrected chi connectivity index (χ3v) is 3.19. The van der Waals surface area contributed by atoms with E-state index in [9.17, 15) is 0 Å². The topological polar surface area (TPSA) is 35.0 Å². The Morgan fingerprint density at radius 3 is 3.29 bits per heavy atom. The summed E-state index contributed by atoms with van der Waals surface area (Å²) in [6.45, 7) is 2.90. The Bertz CT molecular complexity index is 300. The Balaban J connectivity index is 1.85. The number of hydrogen-bond donors (Lipinski definition) is 0. The lowest BCUT2D eigenvalue weighted by Crippen LogP contribution is -2.08. The van der Waals surface area contributed by atoms with Crippen LogP contribution >= 0.6 is 11.8 Å². The maximum Gasteiger partial charge on any atom is 0.187 e. The Labute approximate surface area is 88.3 Å². The van der Waals surface area contributed by atoms with Crippen LogP contribution in [0.5, 0.6) is 0 Å². The summed E-state index contributed by atoms with van der Waals surface area (Å²) in [5.41, 5.74) is 1.02. The molecule has 1 unspecified atom stereocenters. The molecular weight excluding hydrogens is 196 g/mol. The Kier molecular flexibility index (Phi) is 3.37. The van der Waals surface area contributed by atoms with Gasteiger partial charge in [0.05, 0.1) is 6.10 Å². The number of hydrogen-bond acceptors (Lipinski definition) is 4. The molecule has 2 rings (SSSR count). The van der Waals surface area contributed by atoms with E-state index in [2.05, 4.69) is 9.97 Å². The molecule has 0 saturated carbocycles. The second kappa shape index (κ2) is 4.75. The van der Waals surface area contributed by atoms with Crippen LogP contribution in [-0.2, 0) is 4.74 Å². The molecule has 0 aromatic carbocycles. The summed E-state index contributed by atoms with van der Waals surface area (Å²) in [6.07, 6.45) is 4.59.